The number of rotatable bonds is 2. The molecule has 0 radical (unpaired) electrons. The highest BCUT2D eigenvalue weighted by Gasteiger charge is 2.27. The van der Waals surface area contributed by atoms with Gasteiger partial charge in [-0.15, -0.1) is 0 Å². The third kappa shape index (κ3) is 2.49. The molecule has 0 bridgehead atoms. The Labute approximate surface area is 117 Å². The van der Waals surface area contributed by atoms with Crippen LogP contribution in [0, 0.1) is 12.8 Å². The minimum Gasteiger partial charge on any atom is -0.328 e. The molecule has 2 atom stereocenters. The topological polar surface area (TPSA) is 80.9 Å². The molecule has 1 saturated carbocycles. The van der Waals surface area contributed by atoms with Gasteiger partial charge in [-0.25, -0.2) is 0 Å². The Bertz CT molecular complexity index is 655. The van der Waals surface area contributed by atoms with E-state index >= 15 is 0 Å². The Kier molecular flexibility index (Phi) is 3.36. The predicted octanol–water partition coefficient (Wildman–Crippen LogP) is 2.00. The molecule has 5 nitrogen and oxygen atoms in total. The summed E-state index contributed by atoms with van der Waals surface area (Å²) < 4.78 is 0. The first kappa shape index (κ1) is 13.0. The van der Waals surface area contributed by atoms with Gasteiger partial charge in [-0.05, 0) is 44.4 Å². The molecule has 0 saturated heterocycles. The van der Waals surface area contributed by atoms with E-state index in [0.29, 0.717) is 0 Å². The van der Waals surface area contributed by atoms with Gasteiger partial charge in [0.15, 0.2) is 0 Å². The molecule has 1 aliphatic rings. The van der Waals surface area contributed by atoms with Gasteiger partial charge in [0.25, 0.3) is 0 Å². The van der Waals surface area contributed by atoms with Crippen LogP contribution < -0.4 is 11.1 Å². The number of amides is 1. The molecule has 20 heavy (non-hydrogen) atoms. The minimum atomic E-state index is 0.0242. The van der Waals surface area contributed by atoms with Crippen molar-refractivity contribution in [1.82, 2.24) is 10.2 Å². The molecule has 3 rings (SSSR count). The fourth-order valence-corrected chi connectivity index (χ4v) is 2.76. The molecule has 1 aromatic carbocycles. The largest absolute Gasteiger partial charge is 0.328 e. The highest BCUT2D eigenvalue weighted by molar-refractivity contribution is 6.01. The van der Waals surface area contributed by atoms with Crippen LogP contribution in [0.5, 0.6) is 0 Å². The summed E-state index contributed by atoms with van der Waals surface area (Å²) in [6, 6.07) is 7.77. The monoisotopic (exact) mass is 270 g/mol. The van der Waals surface area contributed by atoms with E-state index in [2.05, 4.69) is 15.5 Å². The zero-order valence-electron chi connectivity index (χ0n) is 11.5. The molecule has 1 heterocycles. The molecule has 0 spiro atoms. The number of fused-ring (bicyclic) bond motifs is 1. The van der Waals surface area contributed by atoms with Gasteiger partial charge in [0.2, 0.25) is 5.91 Å². The van der Waals surface area contributed by atoms with E-state index in [1.807, 2.05) is 31.2 Å². The number of nitrogens with zero attached hydrogens (tertiary/aromatic N) is 2. The van der Waals surface area contributed by atoms with Gasteiger partial charge >= 0.3 is 0 Å². The van der Waals surface area contributed by atoms with Crippen molar-refractivity contribution in [3.8, 4) is 0 Å². The smallest absolute Gasteiger partial charge is 0.227 e. The molecular formula is C15H18N4O. The SMILES string of the molecule is Cc1cc2c(NC(=O)[C@@H]3CC[C@H](N)C3)cccc2nn1. The van der Waals surface area contributed by atoms with Crippen molar-refractivity contribution in [1.29, 1.82) is 0 Å². The molecule has 2 aromatic rings. The summed E-state index contributed by atoms with van der Waals surface area (Å²) in [6.07, 6.45) is 2.57. The number of hydrogen-bond acceptors (Lipinski definition) is 4. The average molecular weight is 270 g/mol. The lowest BCUT2D eigenvalue weighted by atomic mass is 10.1. The standard InChI is InChI=1S/C15H18N4O/c1-9-7-12-13(3-2-4-14(12)19-18-9)17-15(20)10-5-6-11(16)8-10/h2-4,7,10-11H,5-6,8,16H2,1H3,(H,17,20)/t10-,11+/m1/s1. The van der Waals surface area contributed by atoms with Crippen LogP contribution >= 0.6 is 0 Å². The first-order chi connectivity index (χ1) is 9.63. The second kappa shape index (κ2) is 5.17. The van der Waals surface area contributed by atoms with Crippen molar-refractivity contribution >= 4 is 22.5 Å². The number of aryl methyl sites for hydroxylation is 1. The summed E-state index contributed by atoms with van der Waals surface area (Å²) >= 11 is 0. The second-order valence-electron chi connectivity index (χ2n) is 5.48. The third-order valence-corrected chi connectivity index (χ3v) is 3.85. The maximum absolute atomic E-state index is 12.3. The van der Waals surface area contributed by atoms with Gasteiger partial charge in [0.1, 0.15) is 0 Å². The van der Waals surface area contributed by atoms with Crippen molar-refractivity contribution in [2.75, 3.05) is 5.32 Å². The van der Waals surface area contributed by atoms with E-state index in [4.69, 9.17) is 5.73 Å². The molecule has 5 heteroatoms. The van der Waals surface area contributed by atoms with Crippen LogP contribution in [0.15, 0.2) is 24.3 Å². The van der Waals surface area contributed by atoms with Gasteiger partial charge in [0, 0.05) is 17.3 Å². The number of aromatic nitrogens is 2. The maximum Gasteiger partial charge on any atom is 0.227 e. The highest BCUT2D eigenvalue weighted by atomic mass is 16.1. The molecule has 1 amide bonds. The zero-order chi connectivity index (χ0) is 14.1. The lowest BCUT2D eigenvalue weighted by molar-refractivity contribution is -0.119. The number of nitrogens with one attached hydrogen (secondary N) is 1. The predicted molar refractivity (Wildman–Crippen MR) is 78.2 cm³/mol. The van der Waals surface area contributed by atoms with Gasteiger partial charge in [-0.1, -0.05) is 6.07 Å². The number of hydrogen-bond donors (Lipinski definition) is 2. The van der Waals surface area contributed by atoms with Crippen molar-refractivity contribution < 1.29 is 4.79 Å². The van der Waals surface area contributed by atoms with Crippen molar-refractivity contribution in [3.05, 3.63) is 30.0 Å². The fraction of sp³-hybridized carbons (Fsp3) is 0.400. The van der Waals surface area contributed by atoms with Crippen LogP contribution in [0.1, 0.15) is 25.0 Å². The molecule has 0 unspecified atom stereocenters. The Hall–Kier alpha value is -2.01. The van der Waals surface area contributed by atoms with E-state index in [-0.39, 0.29) is 17.9 Å². The number of anilines is 1. The Morgan fingerprint density at radius 2 is 2.20 bits per heavy atom. The van der Waals surface area contributed by atoms with Gasteiger partial charge in [-0.3, -0.25) is 4.79 Å². The Morgan fingerprint density at radius 3 is 2.95 bits per heavy atom. The van der Waals surface area contributed by atoms with E-state index in [1.54, 1.807) is 0 Å². The fourth-order valence-electron chi connectivity index (χ4n) is 2.76. The molecule has 1 fully saturated rings. The second-order valence-corrected chi connectivity index (χ2v) is 5.48. The Balaban J connectivity index is 1.87. The Morgan fingerprint density at radius 1 is 1.35 bits per heavy atom. The summed E-state index contributed by atoms with van der Waals surface area (Å²) in [7, 11) is 0. The zero-order valence-corrected chi connectivity index (χ0v) is 11.5. The van der Waals surface area contributed by atoms with Crippen LogP contribution in [0.4, 0.5) is 5.69 Å². The molecular weight excluding hydrogens is 252 g/mol. The maximum atomic E-state index is 12.3. The van der Waals surface area contributed by atoms with Crippen molar-refractivity contribution in [2.24, 2.45) is 11.7 Å². The summed E-state index contributed by atoms with van der Waals surface area (Å²) in [5.74, 6) is 0.0797. The molecule has 1 aliphatic carbocycles. The highest BCUT2D eigenvalue weighted by Crippen LogP contribution is 2.27. The lowest BCUT2D eigenvalue weighted by Gasteiger charge is -2.12. The van der Waals surface area contributed by atoms with Crippen LogP contribution in [0.25, 0.3) is 10.9 Å². The summed E-state index contributed by atoms with van der Waals surface area (Å²) in [6.45, 7) is 1.89. The first-order valence-corrected chi connectivity index (χ1v) is 6.93. The lowest BCUT2D eigenvalue weighted by Crippen LogP contribution is -2.23. The number of benzene rings is 1. The van der Waals surface area contributed by atoms with Crippen LogP contribution in [0.3, 0.4) is 0 Å². The van der Waals surface area contributed by atoms with E-state index < -0.39 is 0 Å². The van der Waals surface area contributed by atoms with E-state index in [1.165, 1.54) is 0 Å². The van der Waals surface area contributed by atoms with Crippen LogP contribution in [-0.2, 0) is 4.79 Å². The van der Waals surface area contributed by atoms with Crippen LogP contribution in [-0.4, -0.2) is 22.1 Å². The molecule has 1 aromatic heterocycles. The van der Waals surface area contributed by atoms with Crippen molar-refractivity contribution in [2.45, 2.75) is 32.2 Å². The first-order valence-electron chi connectivity index (χ1n) is 6.93. The normalized spacial score (nSPS) is 22.1. The van der Waals surface area contributed by atoms with Gasteiger partial charge in [0.05, 0.1) is 16.9 Å². The number of carbonyl (C=O) groups excluding carboxylic acids is 1. The summed E-state index contributed by atoms with van der Waals surface area (Å²) in [4.78, 5) is 12.3. The average Bonchev–Trinajstić information content (AvgIpc) is 2.86. The van der Waals surface area contributed by atoms with Gasteiger partial charge in [-0.2, -0.15) is 10.2 Å². The minimum absolute atomic E-state index is 0.0242. The summed E-state index contributed by atoms with van der Waals surface area (Å²) in [5, 5.41) is 12.1. The van der Waals surface area contributed by atoms with Crippen molar-refractivity contribution in [3.63, 3.8) is 0 Å². The number of carbonyl (C=O) groups is 1. The molecule has 104 valence electrons. The van der Waals surface area contributed by atoms with E-state index in [9.17, 15) is 4.79 Å². The molecule has 3 N–H and O–H groups in total. The molecule has 0 aliphatic heterocycles. The third-order valence-electron chi connectivity index (χ3n) is 3.85. The van der Waals surface area contributed by atoms with Gasteiger partial charge < -0.3 is 11.1 Å². The van der Waals surface area contributed by atoms with E-state index in [0.717, 1.165) is 41.5 Å². The quantitative estimate of drug-likeness (QED) is 0.874. The summed E-state index contributed by atoms with van der Waals surface area (Å²) in [5.41, 5.74) is 8.29. The number of nitrogens with two attached hydrogens (primary N) is 1. The van der Waals surface area contributed by atoms with Crippen LogP contribution in [0.2, 0.25) is 0 Å².